The van der Waals surface area contributed by atoms with Crippen LogP contribution in [-0.2, 0) is 27.4 Å². The first-order chi connectivity index (χ1) is 15.4. The maximum absolute atomic E-state index is 12.5. The number of benzene rings is 1. The molecule has 3 fully saturated rings. The average molecular weight is 487 g/mol. The van der Waals surface area contributed by atoms with Crippen molar-refractivity contribution in [1.82, 2.24) is 4.57 Å². The third-order valence-electron chi connectivity index (χ3n) is 8.44. The monoisotopic (exact) mass is 486 g/mol. The van der Waals surface area contributed by atoms with E-state index in [1.165, 1.54) is 11.1 Å². The highest BCUT2D eigenvalue weighted by Crippen LogP contribution is 2.53. The fraction of sp³-hybridized carbons (Fsp3) is 0.643. The first kappa shape index (κ1) is 25.5. The number of hydrogen-bond acceptors (Lipinski definition) is 3. The first-order valence-electron chi connectivity index (χ1n) is 12.5. The van der Waals surface area contributed by atoms with Crippen molar-refractivity contribution in [2.45, 2.75) is 115 Å². The van der Waals surface area contributed by atoms with Crippen LogP contribution in [0.2, 0.25) is 0 Å². The summed E-state index contributed by atoms with van der Waals surface area (Å²) in [6.07, 6.45) is 5.41. The molecule has 0 radical (unpaired) electrons. The van der Waals surface area contributed by atoms with Crippen molar-refractivity contribution >= 4 is 10.0 Å². The predicted molar refractivity (Wildman–Crippen MR) is 138 cm³/mol. The zero-order valence-electron chi connectivity index (χ0n) is 22.0. The Morgan fingerprint density at radius 1 is 0.882 bits per heavy atom. The molecule has 2 bridgehead atoms. The van der Waals surface area contributed by atoms with Crippen LogP contribution in [0.1, 0.15) is 96.9 Å². The molecule has 1 heterocycles. The maximum atomic E-state index is 12.5. The lowest BCUT2D eigenvalue weighted by molar-refractivity contribution is -0.0968. The molecule has 5 nitrogen and oxygen atoms in total. The van der Waals surface area contributed by atoms with Crippen molar-refractivity contribution in [2.75, 3.05) is 0 Å². The highest BCUT2D eigenvalue weighted by atomic mass is 32.2. The molecule has 34 heavy (non-hydrogen) atoms. The first-order valence-corrected chi connectivity index (χ1v) is 14.1. The molecule has 2 aromatic rings. The van der Waals surface area contributed by atoms with Gasteiger partial charge in [-0.1, -0.05) is 47.6 Å². The van der Waals surface area contributed by atoms with E-state index in [4.69, 9.17) is 5.14 Å². The SMILES string of the molecule is Cc1c(S(N)(=O)=O)cc(-c2cc(C(C)(C)C)cc(C(C)(C)C)c2)n1CC12CCC(O)(CC1)CC2. The van der Waals surface area contributed by atoms with Gasteiger partial charge in [0.05, 0.1) is 5.60 Å². The number of aliphatic hydroxyl groups is 1. The highest BCUT2D eigenvalue weighted by Gasteiger charge is 2.48. The van der Waals surface area contributed by atoms with Crippen LogP contribution in [0, 0.1) is 12.3 Å². The summed E-state index contributed by atoms with van der Waals surface area (Å²) in [6.45, 7) is 15.9. The molecule has 0 atom stereocenters. The highest BCUT2D eigenvalue weighted by molar-refractivity contribution is 7.89. The van der Waals surface area contributed by atoms with Crippen LogP contribution >= 0.6 is 0 Å². The van der Waals surface area contributed by atoms with Gasteiger partial charge in [-0.3, -0.25) is 0 Å². The standard InChI is InChI=1S/C28H42N2O3S/c1-19-24(34(29,32)33)17-23(30(19)18-27-8-11-28(31,12-9-27)13-10-27)20-14-21(25(2,3)4)16-22(15-20)26(5,6)7/h14-17,31H,8-13,18H2,1-7H3,(H2,29,32,33). The lowest BCUT2D eigenvalue weighted by Crippen LogP contribution is -2.47. The van der Waals surface area contributed by atoms with E-state index < -0.39 is 15.6 Å². The summed E-state index contributed by atoms with van der Waals surface area (Å²) in [5, 5.41) is 16.4. The number of hydrogen-bond donors (Lipinski definition) is 2. The van der Waals surface area contributed by atoms with E-state index in [-0.39, 0.29) is 21.1 Å². The molecule has 188 valence electrons. The smallest absolute Gasteiger partial charge is 0.239 e. The minimum atomic E-state index is -3.85. The van der Waals surface area contributed by atoms with Crippen molar-refractivity contribution in [3.05, 3.63) is 41.1 Å². The largest absolute Gasteiger partial charge is 0.390 e. The summed E-state index contributed by atoms with van der Waals surface area (Å²) in [5.41, 5.74) is 4.64. The molecule has 0 unspecified atom stereocenters. The summed E-state index contributed by atoms with van der Waals surface area (Å²) >= 11 is 0. The molecular formula is C28H42N2O3S. The molecule has 0 spiro atoms. The molecule has 1 aromatic heterocycles. The number of sulfonamides is 1. The van der Waals surface area contributed by atoms with E-state index in [9.17, 15) is 13.5 Å². The number of aromatic nitrogens is 1. The Balaban J connectivity index is 1.90. The van der Waals surface area contributed by atoms with Crippen molar-refractivity contribution in [1.29, 1.82) is 0 Å². The number of fused-ring (bicyclic) bond motifs is 3. The van der Waals surface area contributed by atoms with E-state index in [0.717, 1.165) is 56.3 Å². The maximum Gasteiger partial charge on any atom is 0.239 e. The van der Waals surface area contributed by atoms with Gasteiger partial charge in [-0.15, -0.1) is 0 Å². The van der Waals surface area contributed by atoms with Gasteiger partial charge < -0.3 is 9.67 Å². The zero-order valence-corrected chi connectivity index (χ0v) is 22.8. The van der Waals surface area contributed by atoms with Crippen LogP contribution in [0.4, 0.5) is 0 Å². The van der Waals surface area contributed by atoms with E-state index in [1.807, 2.05) is 6.92 Å². The Hall–Kier alpha value is -1.63. The van der Waals surface area contributed by atoms with Gasteiger partial charge in [0.1, 0.15) is 4.90 Å². The summed E-state index contributed by atoms with van der Waals surface area (Å²) in [4.78, 5) is 0.209. The summed E-state index contributed by atoms with van der Waals surface area (Å²) in [6, 6.07) is 8.49. The Morgan fingerprint density at radius 3 is 1.76 bits per heavy atom. The molecule has 3 aliphatic carbocycles. The van der Waals surface area contributed by atoms with Crippen LogP contribution < -0.4 is 5.14 Å². The quantitative estimate of drug-likeness (QED) is 0.573. The van der Waals surface area contributed by atoms with Crippen molar-refractivity contribution in [3.63, 3.8) is 0 Å². The van der Waals surface area contributed by atoms with E-state index in [0.29, 0.717) is 5.69 Å². The Kier molecular flexibility index (Phi) is 5.95. The second-order valence-electron chi connectivity index (χ2n) is 13.1. The molecule has 0 amide bonds. The molecule has 1 aromatic carbocycles. The lowest BCUT2D eigenvalue weighted by Gasteiger charge is -2.51. The van der Waals surface area contributed by atoms with Gasteiger partial charge >= 0.3 is 0 Å². The number of primary sulfonamides is 1. The van der Waals surface area contributed by atoms with Gasteiger partial charge in [0, 0.05) is 17.9 Å². The van der Waals surface area contributed by atoms with E-state index in [1.54, 1.807) is 6.07 Å². The van der Waals surface area contributed by atoms with Gasteiger partial charge in [0.15, 0.2) is 0 Å². The van der Waals surface area contributed by atoms with Crippen LogP contribution in [0.5, 0.6) is 0 Å². The van der Waals surface area contributed by atoms with Gasteiger partial charge in [0.2, 0.25) is 10.0 Å². The van der Waals surface area contributed by atoms with Gasteiger partial charge in [0.25, 0.3) is 0 Å². The molecule has 3 aliphatic rings. The van der Waals surface area contributed by atoms with Crippen LogP contribution in [0.25, 0.3) is 11.3 Å². The van der Waals surface area contributed by atoms with Crippen molar-refractivity contribution in [2.24, 2.45) is 10.6 Å². The summed E-state index contributed by atoms with van der Waals surface area (Å²) in [7, 11) is -3.85. The fourth-order valence-corrected chi connectivity index (χ4v) is 6.61. The second kappa shape index (κ2) is 7.94. The Labute approximate surface area is 205 Å². The minimum absolute atomic E-state index is 0.0405. The molecule has 6 heteroatoms. The van der Waals surface area contributed by atoms with Crippen LogP contribution in [-0.4, -0.2) is 23.7 Å². The van der Waals surface area contributed by atoms with Crippen molar-refractivity contribution in [3.8, 4) is 11.3 Å². The molecular weight excluding hydrogens is 444 g/mol. The lowest BCUT2D eigenvalue weighted by atomic mass is 9.58. The van der Waals surface area contributed by atoms with E-state index >= 15 is 0 Å². The molecule has 0 aliphatic heterocycles. The van der Waals surface area contributed by atoms with Gasteiger partial charge in [-0.2, -0.15) is 0 Å². The normalized spacial score (nSPS) is 25.7. The molecule has 3 saturated carbocycles. The number of nitrogens with two attached hydrogens (primary N) is 1. The Bertz CT molecular complexity index is 1150. The number of nitrogens with zero attached hydrogens (tertiary/aromatic N) is 1. The molecule has 3 N–H and O–H groups in total. The summed E-state index contributed by atoms with van der Waals surface area (Å²) in [5.74, 6) is 0. The third kappa shape index (κ3) is 4.74. The van der Waals surface area contributed by atoms with Crippen LogP contribution in [0.3, 0.4) is 0 Å². The Morgan fingerprint density at radius 2 is 1.35 bits per heavy atom. The predicted octanol–water partition coefficient (Wildman–Crippen LogP) is 5.79. The number of rotatable bonds is 4. The topological polar surface area (TPSA) is 85.3 Å². The molecule has 5 rings (SSSR count). The third-order valence-corrected chi connectivity index (χ3v) is 9.47. The fourth-order valence-electron chi connectivity index (χ4n) is 5.81. The molecule has 0 saturated heterocycles. The van der Waals surface area contributed by atoms with Gasteiger partial charge in [-0.05, 0) is 96.6 Å². The van der Waals surface area contributed by atoms with Crippen molar-refractivity contribution < 1.29 is 13.5 Å². The minimum Gasteiger partial charge on any atom is -0.390 e. The second-order valence-corrected chi connectivity index (χ2v) is 14.7. The summed E-state index contributed by atoms with van der Waals surface area (Å²) < 4.78 is 27.2. The average Bonchev–Trinajstić information content (AvgIpc) is 3.04. The zero-order chi connectivity index (χ0) is 25.3. The van der Waals surface area contributed by atoms with Crippen LogP contribution in [0.15, 0.2) is 29.2 Å². The van der Waals surface area contributed by atoms with Gasteiger partial charge in [-0.25, -0.2) is 13.6 Å². The van der Waals surface area contributed by atoms with E-state index in [2.05, 4.69) is 64.3 Å².